The molecule has 0 saturated heterocycles. The summed E-state index contributed by atoms with van der Waals surface area (Å²) in [7, 11) is 0. The highest BCUT2D eigenvalue weighted by molar-refractivity contribution is 5.97. The van der Waals surface area contributed by atoms with E-state index in [1.54, 1.807) is 0 Å². The van der Waals surface area contributed by atoms with Crippen molar-refractivity contribution in [1.29, 1.82) is 0 Å². The van der Waals surface area contributed by atoms with Crippen molar-refractivity contribution in [3.8, 4) is 56.0 Å². The van der Waals surface area contributed by atoms with E-state index in [0.717, 1.165) is 62.0 Å². The lowest BCUT2D eigenvalue weighted by molar-refractivity contribution is 0.620. The second-order valence-corrected chi connectivity index (χ2v) is 12.6. The van der Waals surface area contributed by atoms with Crippen LogP contribution in [-0.2, 0) is 6.42 Å². The van der Waals surface area contributed by atoms with Crippen molar-refractivity contribution in [2.24, 2.45) is 5.92 Å². The first kappa shape index (κ1) is 28.1. The molecule has 1 unspecified atom stereocenters. The van der Waals surface area contributed by atoms with Gasteiger partial charge in [0.15, 0.2) is 5.58 Å². The molecule has 228 valence electrons. The van der Waals surface area contributed by atoms with Crippen molar-refractivity contribution in [2.75, 3.05) is 0 Å². The number of pyridine rings is 2. The molecule has 0 bridgehead atoms. The van der Waals surface area contributed by atoms with Gasteiger partial charge in [-0.3, -0.25) is 9.97 Å². The second kappa shape index (κ2) is 11.6. The molecule has 0 fully saturated rings. The van der Waals surface area contributed by atoms with Gasteiger partial charge in [0.2, 0.25) is 5.89 Å². The Bertz CT molecular complexity index is 2410. The molecule has 3 heterocycles. The van der Waals surface area contributed by atoms with Crippen molar-refractivity contribution in [1.82, 2.24) is 15.0 Å². The molecular weight excluding hydrogens is 587 g/mol. The lowest BCUT2D eigenvalue weighted by atomic mass is 9.82. The molecule has 0 saturated carbocycles. The molecule has 0 spiro atoms. The van der Waals surface area contributed by atoms with Crippen LogP contribution in [0.2, 0.25) is 0 Å². The smallest absolute Gasteiger partial charge is 0.227 e. The first-order valence-corrected chi connectivity index (χ1v) is 16.4. The fraction of sp³-hybridized carbons (Fsp3) is 0.0682. The summed E-state index contributed by atoms with van der Waals surface area (Å²) in [6, 6.07) is 40.7. The Morgan fingerprint density at radius 2 is 1.23 bits per heavy atom. The van der Waals surface area contributed by atoms with E-state index < -0.39 is 0 Å². The Hall–Kier alpha value is -6.13. The molecular formula is C44H31N3O. The average Bonchev–Trinajstić information content (AvgIpc) is 3.60. The summed E-state index contributed by atoms with van der Waals surface area (Å²) in [6.45, 7) is 2.29. The van der Waals surface area contributed by atoms with Crippen LogP contribution < -0.4 is 0 Å². The number of hydrogen-bond acceptors (Lipinski definition) is 4. The Balaban J connectivity index is 1.31. The van der Waals surface area contributed by atoms with E-state index >= 15 is 0 Å². The predicted octanol–water partition coefficient (Wildman–Crippen LogP) is 11.3. The number of aromatic nitrogens is 3. The number of rotatable bonds is 5. The van der Waals surface area contributed by atoms with Gasteiger partial charge in [0.25, 0.3) is 0 Å². The molecule has 4 heteroatoms. The largest absolute Gasteiger partial charge is 0.436 e. The van der Waals surface area contributed by atoms with Gasteiger partial charge in [-0.1, -0.05) is 67.6 Å². The maximum atomic E-state index is 6.38. The second-order valence-electron chi connectivity index (χ2n) is 12.6. The van der Waals surface area contributed by atoms with Gasteiger partial charge < -0.3 is 4.42 Å². The molecule has 0 radical (unpaired) electrons. The zero-order chi connectivity index (χ0) is 32.0. The number of fused-ring (bicyclic) bond motifs is 4. The maximum Gasteiger partial charge on any atom is 0.227 e. The number of oxazole rings is 1. The van der Waals surface area contributed by atoms with Crippen molar-refractivity contribution in [2.45, 2.75) is 13.3 Å². The lowest BCUT2D eigenvalue weighted by Crippen LogP contribution is -2.05. The molecule has 0 N–H and O–H groups in total. The van der Waals surface area contributed by atoms with E-state index in [4.69, 9.17) is 9.40 Å². The molecule has 1 atom stereocenters. The summed E-state index contributed by atoms with van der Waals surface area (Å²) in [5.41, 5.74) is 14.0. The fourth-order valence-corrected chi connectivity index (χ4v) is 7.00. The minimum Gasteiger partial charge on any atom is -0.436 e. The monoisotopic (exact) mass is 617 g/mol. The summed E-state index contributed by atoms with van der Waals surface area (Å²) in [5, 5.41) is 2.58. The van der Waals surface area contributed by atoms with Crippen LogP contribution in [0.5, 0.6) is 0 Å². The maximum absolute atomic E-state index is 6.38. The highest BCUT2D eigenvalue weighted by Gasteiger charge is 2.20. The first-order valence-electron chi connectivity index (χ1n) is 16.4. The Kier molecular flexibility index (Phi) is 6.79. The van der Waals surface area contributed by atoms with E-state index in [-0.39, 0.29) is 0 Å². The average molecular weight is 618 g/mol. The van der Waals surface area contributed by atoms with Crippen LogP contribution in [0.25, 0.3) is 83.9 Å². The van der Waals surface area contributed by atoms with E-state index in [1.807, 2.05) is 61.2 Å². The van der Waals surface area contributed by atoms with Gasteiger partial charge >= 0.3 is 0 Å². The third kappa shape index (κ3) is 5.08. The van der Waals surface area contributed by atoms with Crippen molar-refractivity contribution < 1.29 is 4.42 Å². The fourth-order valence-electron chi connectivity index (χ4n) is 7.00. The number of benzene rings is 5. The Labute approximate surface area is 279 Å². The molecule has 1 aliphatic rings. The van der Waals surface area contributed by atoms with Gasteiger partial charge in [-0.2, -0.15) is 0 Å². The quantitative estimate of drug-likeness (QED) is 0.193. The lowest BCUT2D eigenvalue weighted by Gasteiger charge is -2.22. The van der Waals surface area contributed by atoms with Crippen LogP contribution in [0.4, 0.5) is 0 Å². The van der Waals surface area contributed by atoms with Gasteiger partial charge in [0.1, 0.15) is 5.52 Å². The standard InChI is InChI=1S/C44H31N3O/c1-28-14-15-39-40(25-29-8-2-3-11-38(29)41(39)18-28)36-22-35(23-37(24-36)44-47-42-12-4-5-13-43(42)48-44)34-20-32(30-9-6-16-45-26-30)19-33(21-34)31-10-7-17-46-27-31/h2-17,19-28H,18H2,1H3. The van der Waals surface area contributed by atoms with Gasteiger partial charge in [-0.25, -0.2) is 4.98 Å². The van der Waals surface area contributed by atoms with E-state index in [2.05, 4.69) is 108 Å². The number of allylic oxidation sites excluding steroid dienone is 1. The zero-order valence-electron chi connectivity index (χ0n) is 26.5. The van der Waals surface area contributed by atoms with E-state index in [0.29, 0.717) is 11.8 Å². The van der Waals surface area contributed by atoms with Gasteiger partial charge in [0.05, 0.1) is 0 Å². The third-order valence-corrected chi connectivity index (χ3v) is 9.36. The Morgan fingerprint density at radius 1 is 0.604 bits per heavy atom. The summed E-state index contributed by atoms with van der Waals surface area (Å²) in [4.78, 5) is 13.8. The van der Waals surface area contributed by atoms with E-state index in [1.165, 1.54) is 27.5 Å². The molecule has 5 aromatic carbocycles. The molecule has 4 nitrogen and oxygen atoms in total. The minimum absolute atomic E-state index is 0.485. The summed E-state index contributed by atoms with van der Waals surface area (Å²) in [5.74, 6) is 1.09. The van der Waals surface area contributed by atoms with Crippen molar-refractivity contribution >= 4 is 27.9 Å². The molecule has 3 aromatic heterocycles. The highest BCUT2D eigenvalue weighted by Crippen LogP contribution is 2.42. The molecule has 9 rings (SSSR count). The summed E-state index contributed by atoms with van der Waals surface area (Å²) < 4.78 is 6.38. The minimum atomic E-state index is 0.485. The molecule has 8 aromatic rings. The summed E-state index contributed by atoms with van der Waals surface area (Å²) >= 11 is 0. The highest BCUT2D eigenvalue weighted by atomic mass is 16.3. The molecule has 1 aliphatic carbocycles. The first-order chi connectivity index (χ1) is 23.7. The van der Waals surface area contributed by atoms with Gasteiger partial charge in [-0.05, 0) is 134 Å². The molecule has 0 aliphatic heterocycles. The van der Waals surface area contributed by atoms with Gasteiger partial charge in [-0.15, -0.1) is 0 Å². The summed E-state index contributed by atoms with van der Waals surface area (Å²) in [6.07, 6.45) is 13.1. The third-order valence-electron chi connectivity index (χ3n) is 9.36. The van der Waals surface area contributed by atoms with Crippen molar-refractivity contribution in [3.63, 3.8) is 0 Å². The Morgan fingerprint density at radius 3 is 1.94 bits per heavy atom. The number of hydrogen-bond donors (Lipinski definition) is 0. The topological polar surface area (TPSA) is 51.8 Å². The van der Waals surface area contributed by atoms with Crippen LogP contribution >= 0.6 is 0 Å². The van der Waals surface area contributed by atoms with Crippen LogP contribution in [-0.4, -0.2) is 15.0 Å². The van der Waals surface area contributed by atoms with Crippen LogP contribution in [0.15, 0.2) is 151 Å². The van der Waals surface area contributed by atoms with E-state index in [9.17, 15) is 0 Å². The van der Waals surface area contributed by atoms with Crippen LogP contribution in [0, 0.1) is 5.92 Å². The molecule has 48 heavy (non-hydrogen) atoms. The number of para-hydroxylation sites is 2. The predicted molar refractivity (Wildman–Crippen MR) is 196 cm³/mol. The zero-order valence-corrected chi connectivity index (χ0v) is 26.5. The SMILES string of the molecule is CC1C=Cc2c(-c3cc(-c4cc(-c5cccnc5)cc(-c5cccnc5)c4)cc(-c4nc5ccccc5o4)c3)cc3ccccc3c2C1. The van der Waals surface area contributed by atoms with Crippen molar-refractivity contribution in [3.05, 3.63) is 157 Å². The normalized spacial score (nSPS) is 14.0. The van der Waals surface area contributed by atoms with Crippen LogP contribution in [0.1, 0.15) is 18.1 Å². The van der Waals surface area contributed by atoms with Gasteiger partial charge in [0, 0.05) is 41.5 Å². The van der Waals surface area contributed by atoms with Crippen LogP contribution in [0.3, 0.4) is 0 Å². The number of nitrogens with zero attached hydrogens (tertiary/aromatic N) is 3. The molecule has 0 amide bonds.